The van der Waals surface area contributed by atoms with Crippen molar-refractivity contribution in [1.82, 2.24) is 14.1 Å². The number of imide groups is 1. The van der Waals surface area contributed by atoms with Gasteiger partial charge in [0.1, 0.15) is 0 Å². The van der Waals surface area contributed by atoms with Crippen LogP contribution in [-0.2, 0) is 27.8 Å². The largest absolute Gasteiger partial charge is 0.326 e. The maximum atomic E-state index is 13.1. The van der Waals surface area contributed by atoms with Gasteiger partial charge in [-0.1, -0.05) is 24.3 Å². The number of nitrogens with zero attached hydrogens (tertiary/aromatic N) is 3. The maximum Gasteiger partial charge on any atom is 0.326 e. The van der Waals surface area contributed by atoms with Gasteiger partial charge < -0.3 is 4.90 Å². The second-order valence-corrected chi connectivity index (χ2v) is 8.40. The highest BCUT2D eigenvalue weighted by molar-refractivity contribution is 7.90. The molecule has 1 saturated heterocycles. The van der Waals surface area contributed by atoms with Crippen molar-refractivity contribution in [3.63, 3.8) is 0 Å². The maximum absolute atomic E-state index is 13.1. The Kier molecular flexibility index (Phi) is 4.13. The molecule has 2 aliphatic heterocycles. The fourth-order valence-electron chi connectivity index (χ4n) is 3.33. The van der Waals surface area contributed by atoms with Crippen molar-refractivity contribution >= 4 is 22.0 Å². The third-order valence-electron chi connectivity index (χ3n) is 4.99. The third-order valence-corrected chi connectivity index (χ3v) is 7.26. The van der Waals surface area contributed by atoms with Crippen molar-refractivity contribution in [2.45, 2.75) is 31.2 Å². The van der Waals surface area contributed by atoms with Gasteiger partial charge in [-0.15, -0.1) is 0 Å². The summed E-state index contributed by atoms with van der Waals surface area (Å²) in [5.74, 6) is -0.663. The molecule has 3 rings (SSSR count). The molecule has 0 aliphatic carbocycles. The highest BCUT2D eigenvalue weighted by Crippen LogP contribution is 2.28. The molecule has 0 aromatic heterocycles. The number of rotatable bonds is 2. The summed E-state index contributed by atoms with van der Waals surface area (Å²) in [4.78, 5) is 26.7. The summed E-state index contributed by atoms with van der Waals surface area (Å²) in [7, 11) is -1.03. The summed E-state index contributed by atoms with van der Waals surface area (Å²) in [5.41, 5.74) is 2.09. The number of carbonyl (C=O) groups is 2. The average Bonchev–Trinajstić information content (AvgIpc) is 2.57. The molecule has 1 aromatic rings. The Morgan fingerprint density at radius 3 is 2.38 bits per heavy atom. The highest BCUT2D eigenvalue weighted by atomic mass is 32.2. The van der Waals surface area contributed by atoms with Crippen LogP contribution in [0.15, 0.2) is 24.3 Å². The molecule has 130 valence electrons. The number of amides is 3. The molecule has 2 heterocycles. The van der Waals surface area contributed by atoms with Gasteiger partial charge in [0.05, 0.1) is 6.04 Å². The van der Waals surface area contributed by atoms with Gasteiger partial charge in [-0.3, -0.25) is 9.69 Å². The number of hydrogen-bond acceptors (Lipinski definition) is 4. The number of benzene rings is 1. The van der Waals surface area contributed by atoms with E-state index in [0.29, 0.717) is 13.0 Å². The first-order valence-electron chi connectivity index (χ1n) is 7.85. The lowest BCUT2D eigenvalue weighted by molar-refractivity contribution is -0.130. The molecular formula is C16H21N3O4S. The summed E-state index contributed by atoms with van der Waals surface area (Å²) < 4.78 is 27.6. The minimum absolute atomic E-state index is 0.260. The Labute approximate surface area is 141 Å². The molecule has 24 heavy (non-hydrogen) atoms. The molecule has 2 unspecified atom stereocenters. The van der Waals surface area contributed by atoms with Gasteiger partial charge >= 0.3 is 6.03 Å². The predicted molar refractivity (Wildman–Crippen MR) is 88.7 cm³/mol. The molecular weight excluding hydrogens is 330 g/mol. The van der Waals surface area contributed by atoms with E-state index < -0.39 is 33.3 Å². The molecule has 0 spiro atoms. The minimum atomic E-state index is -3.87. The Hall–Kier alpha value is -1.93. The van der Waals surface area contributed by atoms with E-state index in [4.69, 9.17) is 0 Å². The Morgan fingerprint density at radius 2 is 1.71 bits per heavy atom. The van der Waals surface area contributed by atoms with E-state index in [1.165, 1.54) is 23.3 Å². The van der Waals surface area contributed by atoms with E-state index in [-0.39, 0.29) is 6.54 Å². The second-order valence-electron chi connectivity index (χ2n) is 6.35. The molecule has 2 aliphatic rings. The van der Waals surface area contributed by atoms with E-state index in [2.05, 4.69) is 0 Å². The number of carbonyl (C=O) groups excluding carboxylic acids is 2. The quantitative estimate of drug-likeness (QED) is 0.784. The SMILES string of the molecule is CC1C(S(=O)(=O)N2CCc3ccccc3C2)C(=O)N(C)C(=O)N1C. The van der Waals surface area contributed by atoms with Crippen molar-refractivity contribution in [2.75, 3.05) is 20.6 Å². The average molecular weight is 351 g/mol. The molecule has 1 fully saturated rings. The van der Waals surface area contributed by atoms with Crippen LogP contribution in [0.25, 0.3) is 0 Å². The van der Waals surface area contributed by atoms with Gasteiger partial charge in [0.15, 0.2) is 5.25 Å². The van der Waals surface area contributed by atoms with Gasteiger partial charge in [0, 0.05) is 27.2 Å². The molecule has 0 radical (unpaired) electrons. The Bertz CT molecular complexity index is 792. The van der Waals surface area contributed by atoms with Gasteiger partial charge in [-0.25, -0.2) is 13.2 Å². The molecule has 3 amide bonds. The zero-order valence-electron chi connectivity index (χ0n) is 14.0. The van der Waals surface area contributed by atoms with Crippen molar-refractivity contribution in [3.8, 4) is 0 Å². The van der Waals surface area contributed by atoms with Crippen LogP contribution in [0.1, 0.15) is 18.1 Å². The zero-order chi connectivity index (χ0) is 17.6. The first-order valence-corrected chi connectivity index (χ1v) is 9.35. The van der Waals surface area contributed by atoms with Crippen LogP contribution in [0, 0.1) is 0 Å². The molecule has 0 bridgehead atoms. The van der Waals surface area contributed by atoms with Crippen LogP contribution >= 0.6 is 0 Å². The van der Waals surface area contributed by atoms with Crippen LogP contribution in [-0.4, -0.2) is 66.4 Å². The van der Waals surface area contributed by atoms with Crippen LogP contribution in [0.5, 0.6) is 0 Å². The Balaban J connectivity index is 1.93. The molecule has 2 atom stereocenters. The monoisotopic (exact) mass is 351 g/mol. The molecule has 7 nitrogen and oxygen atoms in total. The fraction of sp³-hybridized carbons (Fsp3) is 0.500. The van der Waals surface area contributed by atoms with E-state index in [9.17, 15) is 18.0 Å². The van der Waals surface area contributed by atoms with Crippen LogP contribution < -0.4 is 0 Å². The van der Waals surface area contributed by atoms with Gasteiger partial charge in [-0.05, 0) is 24.5 Å². The number of hydrogen-bond donors (Lipinski definition) is 0. The van der Waals surface area contributed by atoms with Crippen LogP contribution in [0.4, 0.5) is 4.79 Å². The van der Waals surface area contributed by atoms with Gasteiger partial charge in [0.25, 0.3) is 5.91 Å². The second kappa shape index (κ2) is 5.86. The number of fused-ring (bicyclic) bond motifs is 1. The van der Waals surface area contributed by atoms with Crippen LogP contribution in [0.2, 0.25) is 0 Å². The van der Waals surface area contributed by atoms with Gasteiger partial charge in [0.2, 0.25) is 10.0 Å². The summed E-state index contributed by atoms with van der Waals surface area (Å²) in [6.07, 6.45) is 0.620. The van der Waals surface area contributed by atoms with E-state index in [1.54, 1.807) is 6.92 Å². The summed E-state index contributed by atoms with van der Waals surface area (Å²) in [6.45, 7) is 2.20. The third kappa shape index (κ3) is 2.50. The molecule has 0 N–H and O–H groups in total. The van der Waals surface area contributed by atoms with Crippen molar-refractivity contribution in [2.24, 2.45) is 0 Å². The fourth-order valence-corrected chi connectivity index (χ4v) is 5.41. The van der Waals surface area contributed by atoms with E-state index >= 15 is 0 Å². The van der Waals surface area contributed by atoms with Crippen molar-refractivity contribution < 1.29 is 18.0 Å². The summed E-state index contributed by atoms with van der Waals surface area (Å²) >= 11 is 0. The molecule has 1 aromatic carbocycles. The standard InChI is InChI=1S/C16H21N3O4S/c1-11-14(15(20)18(3)16(21)17(11)2)24(22,23)19-9-8-12-6-4-5-7-13(12)10-19/h4-7,11,14H,8-10H2,1-3H3. The molecule has 8 heteroatoms. The van der Waals surface area contributed by atoms with Crippen LogP contribution in [0.3, 0.4) is 0 Å². The zero-order valence-corrected chi connectivity index (χ0v) is 14.8. The topological polar surface area (TPSA) is 78.0 Å². The molecule has 0 saturated carbocycles. The normalized spacial score (nSPS) is 25.8. The van der Waals surface area contributed by atoms with E-state index in [0.717, 1.165) is 16.0 Å². The number of sulfonamides is 1. The first-order chi connectivity index (χ1) is 11.2. The lowest BCUT2D eigenvalue weighted by Gasteiger charge is -2.41. The Morgan fingerprint density at radius 1 is 1.08 bits per heavy atom. The highest BCUT2D eigenvalue weighted by Gasteiger charge is 2.50. The van der Waals surface area contributed by atoms with Crippen molar-refractivity contribution in [3.05, 3.63) is 35.4 Å². The van der Waals surface area contributed by atoms with Gasteiger partial charge in [-0.2, -0.15) is 4.31 Å². The smallest absolute Gasteiger partial charge is 0.323 e. The predicted octanol–water partition coefficient (Wildman–Crippen LogP) is 0.655. The van der Waals surface area contributed by atoms with E-state index in [1.807, 2.05) is 24.3 Å². The van der Waals surface area contributed by atoms with Crippen molar-refractivity contribution in [1.29, 1.82) is 0 Å². The lowest BCUT2D eigenvalue weighted by Crippen LogP contribution is -2.65. The lowest BCUT2D eigenvalue weighted by atomic mass is 10.0. The first kappa shape index (κ1) is 16.9. The minimum Gasteiger partial charge on any atom is -0.323 e. The summed E-state index contributed by atoms with van der Waals surface area (Å²) in [6, 6.07) is 6.53. The summed E-state index contributed by atoms with van der Waals surface area (Å²) in [5, 5.41) is -1.27. The number of urea groups is 1.